The predicted molar refractivity (Wildman–Crippen MR) is 46.2 cm³/mol. The van der Waals surface area contributed by atoms with Crippen LogP contribution in [0.2, 0.25) is 0 Å². The molecule has 4 heteroatoms. The summed E-state index contributed by atoms with van der Waals surface area (Å²) < 4.78 is 1.83. The van der Waals surface area contributed by atoms with Crippen LogP contribution in [-0.4, -0.2) is 9.61 Å². The van der Waals surface area contributed by atoms with Crippen LogP contribution in [0.5, 0.6) is 0 Å². The van der Waals surface area contributed by atoms with Gasteiger partial charge in [-0.2, -0.15) is 5.10 Å². The largest absolute Gasteiger partial charge is 0.271 e. The molecule has 2 aromatic rings. The highest BCUT2D eigenvalue weighted by Gasteiger charge is 1.99. The summed E-state index contributed by atoms with van der Waals surface area (Å²) in [6.07, 6.45) is 3.73. The Morgan fingerprint density at radius 2 is 2.42 bits per heavy atom. The maximum absolute atomic E-state index is 5.22. The van der Waals surface area contributed by atoms with E-state index in [1.54, 1.807) is 0 Å². The SMILES string of the molecule is NNCc1cnn2ccccc12. The Bertz CT molecular complexity index is 379. The molecule has 0 saturated carbocycles. The first-order valence-electron chi connectivity index (χ1n) is 3.76. The van der Waals surface area contributed by atoms with Gasteiger partial charge in [0.1, 0.15) is 0 Å². The maximum Gasteiger partial charge on any atom is 0.0707 e. The van der Waals surface area contributed by atoms with Crippen molar-refractivity contribution in [2.45, 2.75) is 6.54 Å². The van der Waals surface area contributed by atoms with Crippen molar-refractivity contribution in [1.82, 2.24) is 15.0 Å². The quantitative estimate of drug-likeness (QED) is 0.493. The summed E-state index contributed by atoms with van der Waals surface area (Å²) in [6.45, 7) is 0.646. The summed E-state index contributed by atoms with van der Waals surface area (Å²) in [5.74, 6) is 5.22. The van der Waals surface area contributed by atoms with E-state index >= 15 is 0 Å². The molecule has 0 aliphatic heterocycles. The summed E-state index contributed by atoms with van der Waals surface area (Å²) in [6, 6.07) is 5.94. The molecule has 0 aromatic carbocycles. The summed E-state index contributed by atoms with van der Waals surface area (Å²) >= 11 is 0. The zero-order valence-corrected chi connectivity index (χ0v) is 6.57. The zero-order chi connectivity index (χ0) is 8.39. The minimum absolute atomic E-state index is 0.646. The van der Waals surface area contributed by atoms with Crippen molar-refractivity contribution in [1.29, 1.82) is 0 Å². The van der Waals surface area contributed by atoms with Crippen LogP contribution in [-0.2, 0) is 6.54 Å². The molecule has 0 saturated heterocycles. The van der Waals surface area contributed by atoms with Gasteiger partial charge in [0.25, 0.3) is 0 Å². The molecule has 4 nitrogen and oxygen atoms in total. The van der Waals surface area contributed by atoms with Crippen molar-refractivity contribution in [3.05, 3.63) is 36.2 Å². The second kappa shape index (κ2) is 2.92. The van der Waals surface area contributed by atoms with Crippen molar-refractivity contribution in [2.75, 3.05) is 0 Å². The average molecular weight is 162 g/mol. The lowest BCUT2D eigenvalue weighted by Gasteiger charge is -1.95. The average Bonchev–Trinajstić information content (AvgIpc) is 2.50. The molecule has 0 amide bonds. The summed E-state index contributed by atoms with van der Waals surface area (Å²) in [5, 5.41) is 4.16. The van der Waals surface area contributed by atoms with Crippen LogP contribution in [0.25, 0.3) is 5.52 Å². The molecule has 62 valence electrons. The maximum atomic E-state index is 5.22. The molecule has 0 aliphatic rings. The van der Waals surface area contributed by atoms with Crippen LogP contribution in [0.4, 0.5) is 0 Å². The third kappa shape index (κ3) is 1.07. The first kappa shape index (κ1) is 7.27. The fourth-order valence-corrected chi connectivity index (χ4v) is 1.23. The van der Waals surface area contributed by atoms with Gasteiger partial charge in [0, 0.05) is 18.3 Å². The molecule has 0 spiro atoms. The number of rotatable bonds is 2. The minimum Gasteiger partial charge on any atom is -0.271 e. The van der Waals surface area contributed by atoms with E-state index in [1.165, 1.54) is 0 Å². The van der Waals surface area contributed by atoms with E-state index in [0.717, 1.165) is 11.1 Å². The number of hydrogen-bond acceptors (Lipinski definition) is 3. The molecule has 0 unspecified atom stereocenters. The summed E-state index contributed by atoms with van der Waals surface area (Å²) in [4.78, 5) is 0. The standard InChI is InChI=1S/C8H10N4/c9-10-5-7-6-11-12-4-2-1-3-8(7)12/h1-4,6,10H,5,9H2. The fourth-order valence-electron chi connectivity index (χ4n) is 1.23. The van der Waals surface area contributed by atoms with Gasteiger partial charge < -0.3 is 0 Å². The number of hydrogen-bond donors (Lipinski definition) is 2. The molecule has 0 aliphatic carbocycles. The Morgan fingerprint density at radius 3 is 3.25 bits per heavy atom. The first-order valence-corrected chi connectivity index (χ1v) is 3.76. The Morgan fingerprint density at radius 1 is 1.50 bits per heavy atom. The highest BCUT2D eigenvalue weighted by atomic mass is 15.2. The lowest BCUT2D eigenvalue weighted by atomic mass is 10.3. The van der Waals surface area contributed by atoms with Crippen LogP contribution in [0.3, 0.4) is 0 Å². The third-order valence-electron chi connectivity index (χ3n) is 1.80. The zero-order valence-electron chi connectivity index (χ0n) is 6.57. The van der Waals surface area contributed by atoms with Crippen molar-refractivity contribution < 1.29 is 0 Å². The second-order valence-corrected chi connectivity index (χ2v) is 2.58. The molecule has 2 aromatic heterocycles. The molecule has 12 heavy (non-hydrogen) atoms. The number of nitrogens with two attached hydrogens (primary N) is 1. The number of fused-ring (bicyclic) bond motifs is 1. The van der Waals surface area contributed by atoms with Crippen molar-refractivity contribution in [3.63, 3.8) is 0 Å². The van der Waals surface area contributed by atoms with Gasteiger partial charge >= 0.3 is 0 Å². The van der Waals surface area contributed by atoms with Crippen LogP contribution in [0, 0.1) is 0 Å². The van der Waals surface area contributed by atoms with Gasteiger partial charge in [0.15, 0.2) is 0 Å². The first-order chi connectivity index (χ1) is 5.92. The molecule has 2 rings (SSSR count). The van der Waals surface area contributed by atoms with Gasteiger partial charge in [0.05, 0.1) is 11.7 Å². The second-order valence-electron chi connectivity index (χ2n) is 2.58. The molecule has 0 fully saturated rings. The van der Waals surface area contributed by atoms with Crippen LogP contribution in [0.1, 0.15) is 5.56 Å². The third-order valence-corrected chi connectivity index (χ3v) is 1.80. The molecule has 2 heterocycles. The molecule has 0 bridgehead atoms. The molecule has 0 radical (unpaired) electrons. The van der Waals surface area contributed by atoms with E-state index in [4.69, 9.17) is 5.84 Å². The van der Waals surface area contributed by atoms with E-state index in [2.05, 4.69) is 10.5 Å². The van der Waals surface area contributed by atoms with Gasteiger partial charge in [-0.15, -0.1) is 0 Å². The van der Waals surface area contributed by atoms with Gasteiger partial charge in [-0.25, -0.2) is 4.52 Å². The Labute approximate surface area is 70.0 Å². The minimum atomic E-state index is 0.646. The smallest absolute Gasteiger partial charge is 0.0707 e. The van der Waals surface area contributed by atoms with Crippen molar-refractivity contribution in [2.24, 2.45) is 5.84 Å². The topological polar surface area (TPSA) is 55.3 Å². The Hall–Kier alpha value is -1.39. The van der Waals surface area contributed by atoms with Gasteiger partial charge in [-0.05, 0) is 12.1 Å². The van der Waals surface area contributed by atoms with Crippen molar-refractivity contribution in [3.8, 4) is 0 Å². The number of nitrogens with zero attached hydrogens (tertiary/aromatic N) is 2. The van der Waals surface area contributed by atoms with Gasteiger partial charge in [-0.1, -0.05) is 6.07 Å². The van der Waals surface area contributed by atoms with E-state index in [0.29, 0.717) is 6.54 Å². The van der Waals surface area contributed by atoms with E-state index in [-0.39, 0.29) is 0 Å². The predicted octanol–water partition coefficient (Wildman–Crippen LogP) is 0.298. The Balaban J connectivity index is 2.55. The number of nitrogens with one attached hydrogen (secondary N) is 1. The number of pyridine rings is 1. The Kier molecular flexibility index (Phi) is 1.77. The fraction of sp³-hybridized carbons (Fsp3) is 0.125. The van der Waals surface area contributed by atoms with Gasteiger partial charge in [0.2, 0.25) is 0 Å². The van der Waals surface area contributed by atoms with Crippen LogP contribution in [0.15, 0.2) is 30.6 Å². The highest BCUT2D eigenvalue weighted by Crippen LogP contribution is 2.08. The van der Waals surface area contributed by atoms with Crippen LogP contribution >= 0.6 is 0 Å². The number of aromatic nitrogens is 2. The molecular weight excluding hydrogens is 152 g/mol. The normalized spacial score (nSPS) is 10.8. The van der Waals surface area contributed by atoms with Crippen molar-refractivity contribution >= 4 is 5.52 Å². The molecule has 0 atom stereocenters. The lowest BCUT2D eigenvalue weighted by Crippen LogP contribution is -2.20. The van der Waals surface area contributed by atoms with E-state index in [9.17, 15) is 0 Å². The monoisotopic (exact) mass is 162 g/mol. The molecule has 3 N–H and O–H groups in total. The van der Waals surface area contributed by atoms with E-state index in [1.807, 2.05) is 35.1 Å². The molecular formula is C8H10N4. The highest BCUT2D eigenvalue weighted by molar-refractivity contribution is 5.53. The summed E-state index contributed by atoms with van der Waals surface area (Å²) in [7, 11) is 0. The van der Waals surface area contributed by atoms with Gasteiger partial charge in [-0.3, -0.25) is 11.3 Å². The number of hydrazine groups is 1. The van der Waals surface area contributed by atoms with Crippen LogP contribution < -0.4 is 11.3 Å². The van der Waals surface area contributed by atoms with E-state index < -0.39 is 0 Å². The summed E-state index contributed by atoms with van der Waals surface area (Å²) in [5.41, 5.74) is 4.81. The lowest BCUT2D eigenvalue weighted by molar-refractivity contribution is 0.745.